The molecule has 0 amide bonds. The van der Waals surface area contributed by atoms with Crippen molar-refractivity contribution >= 4 is 0 Å². The van der Waals surface area contributed by atoms with Crippen molar-refractivity contribution in [3.63, 3.8) is 0 Å². The van der Waals surface area contributed by atoms with Gasteiger partial charge in [0.2, 0.25) is 0 Å². The Morgan fingerprint density at radius 2 is 2.00 bits per heavy atom. The molecule has 0 spiro atoms. The lowest BCUT2D eigenvalue weighted by Gasteiger charge is -2.08. The molecule has 1 aliphatic rings. The van der Waals surface area contributed by atoms with Crippen LogP contribution in [0.25, 0.3) is 0 Å². The van der Waals surface area contributed by atoms with E-state index in [1.165, 1.54) is 28.7 Å². The summed E-state index contributed by atoms with van der Waals surface area (Å²) in [6.07, 6.45) is 7.28. The molecule has 0 saturated carbocycles. The number of aliphatic hydroxyl groups is 1. The third-order valence-corrected chi connectivity index (χ3v) is 3.68. The number of benzene rings is 1. The highest BCUT2D eigenvalue weighted by Crippen LogP contribution is 2.22. The summed E-state index contributed by atoms with van der Waals surface area (Å²) >= 11 is 0. The Hall–Kier alpha value is -1.08. The van der Waals surface area contributed by atoms with Crippen molar-refractivity contribution in [3.8, 4) is 0 Å². The maximum Gasteiger partial charge on any atom is 0.0723 e. The van der Waals surface area contributed by atoms with Gasteiger partial charge in [-0.2, -0.15) is 0 Å². The number of allylic oxidation sites excluding steroid dienone is 1. The van der Waals surface area contributed by atoms with E-state index in [1.54, 1.807) is 0 Å². The van der Waals surface area contributed by atoms with Crippen LogP contribution in [0.1, 0.15) is 42.4 Å². The first-order chi connectivity index (χ1) is 8.15. The average Bonchev–Trinajstić information content (AvgIpc) is 2.48. The van der Waals surface area contributed by atoms with Gasteiger partial charge < -0.3 is 5.11 Å². The zero-order valence-corrected chi connectivity index (χ0v) is 10.9. The van der Waals surface area contributed by atoms with Crippen LogP contribution in [0.3, 0.4) is 0 Å². The van der Waals surface area contributed by atoms with Gasteiger partial charge in [-0.1, -0.05) is 36.3 Å². The van der Waals surface area contributed by atoms with E-state index >= 15 is 0 Å². The summed E-state index contributed by atoms with van der Waals surface area (Å²) in [4.78, 5) is 0. The topological polar surface area (TPSA) is 20.2 Å². The van der Waals surface area contributed by atoms with Gasteiger partial charge in [-0.25, -0.2) is 0 Å². The van der Waals surface area contributed by atoms with Crippen molar-refractivity contribution in [2.45, 2.75) is 52.1 Å². The van der Waals surface area contributed by atoms with Crippen molar-refractivity contribution in [1.29, 1.82) is 0 Å². The fraction of sp³-hybridized carbons (Fsp3) is 0.500. The quantitative estimate of drug-likeness (QED) is 0.768. The first-order valence-corrected chi connectivity index (χ1v) is 6.59. The van der Waals surface area contributed by atoms with Crippen LogP contribution in [0.15, 0.2) is 29.8 Å². The smallest absolute Gasteiger partial charge is 0.0723 e. The minimum atomic E-state index is -0.223. The molecule has 0 aliphatic heterocycles. The molecule has 92 valence electrons. The Morgan fingerprint density at radius 3 is 2.76 bits per heavy atom. The van der Waals surface area contributed by atoms with Gasteiger partial charge in [0.25, 0.3) is 0 Å². The predicted octanol–water partition coefficient (Wildman–Crippen LogP) is 3.71. The summed E-state index contributed by atoms with van der Waals surface area (Å²) in [7, 11) is 0. The zero-order valence-electron chi connectivity index (χ0n) is 10.9. The molecule has 1 N–H and O–H groups in total. The number of aryl methyl sites for hydroxylation is 2. The van der Waals surface area contributed by atoms with Crippen LogP contribution in [-0.2, 0) is 6.42 Å². The Labute approximate surface area is 104 Å². The largest absolute Gasteiger partial charge is 0.389 e. The van der Waals surface area contributed by atoms with Gasteiger partial charge in [-0.15, -0.1) is 0 Å². The van der Waals surface area contributed by atoms with E-state index in [1.807, 2.05) is 0 Å². The molecule has 1 aromatic carbocycles. The van der Waals surface area contributed by atoms with E-state index in [0.29, 0.717) is 0 Å². The summed E-state index contributed by atoms with van der Waals surface area (Å²) in [5.74, 6) is 0. The third-order valence-electron chi connectivity index (χ3n) is 3.68. The maximum absolute atomic E-state index is 9.76. The van der Waals surface area contributed by atoms with Gasteiger partial charge in [-0.3, -0.25) is 0 Å². The summed E-state index contributed by atoms with van der Waals surface area (Å²) in [5, 5.41) is 9.76. The van der Waals surface area contributed by atoms with E-state index < -0.39 is 0 Å². The van der Waals surface area contributed by atoms with Crippen LogP contribution >= 0.6 is 0 Å². The van der Waals surface area contributed by atoms with Gasteiger partial charge >= 0.3 is 0 Å². The Morgan fingerprint density at radius 1 is 1.18 bits per heavy atom. The SMILES string of the molecule is Cc1ccc(CC2=CC(O)CCCC2)cc1C. The molecular formula is C16H22O. The minimum absolute atomic E-state index is 0.223. The maximum atomic E-state index is 9.76. The molecule has 17 heavy (non-hydrogen) atoms. The van der Waals surface area contributed by atoms with Crippen molar-refractivity contribution in [3.05, 3.63) is 46.5 Å². The molecule has 1 nitrogen and oxygen atoms in total. The fourth-order valence-corrected chi connectivity index (χ4v) is 2.47. The normalized spacial score (nSPS) is 20.9. The average molecular weight is 230 g/mol. The molecule has 0 saturated heterocycles. The molecule has 0 aromatic heterocycles. The van der Waals surface area contributed by atoms with Gasteiger partial charge in [0.05, 0.1) is 6.10 Å². The zero-order chi connectivity index (χ0) is 12.3. The van der Waals surface area contributed by atoms with Gasteiger partial charge in [0.15, 0.2) is 0 Å². The van der Waals surface area contributed by atoms with Gasteiger partial charge in [0.1, 0.15) is 0 Å². The highest BCUT2D eigenvalue weighted by atomic mass is 16.3. The van der Waals surface area contributed by atoms with Crippen LogP contribution in [-0.4, -0.2) is 11.2 Å². The van der Waals surface area contributed by atoms with Crippen LogP contribution in [0.4, 0.5) is 0 Å². The molecule has 1 atom stereocenters. The van der Waals surface area contributed by atoms with Crippen LogP contribution in [0.2, 0.25) is 0 Å². The third kappa shape index (κ3) is 3.44. The number of hydrogen-bond donors (Lipinski definition) is 1. The Kier molecular flexibility index (Phi) is 4.01. The number of hydrogen-bond acceptors (Lipinski definition) is 1. The molecule has 0 fully saturated rings. The van der Waals surface area contributed by atoms with Crippen molar-refractivity contribution in [2.24, 2.45) is 0 Å². The second-order valence-corrected chi connectivity index (χ2v) is 5.23. The highest BCUT2D eigenvalue weighted by Gasteiger charge is 2.10. The Bertz CT molecular complexity index is 418. The molecule has 0 bridgehead atoms. The monoisotopic (exact) mass is 230 g/mol. The van der Waals surface area contributed by atoms with E-state index in [2.05, 4.69) is 38.1 Å². The summed E-state index contributed by atoms with van der Waals surface area (Å²) in [6, 6.07) is 6.67. The first-order valence-electron chi connectivity index (χ1n) is 6.59. The summed E-state index contributed by atoms with van der Waals surface area (Å²) in [6.45, 7) is 4.31. The van der Waals surface area contributed by atoms with E-state index in [4.69, 9.17) is 0 Å². The van der Waals surface area contributed by atoms with Gasteiger partial charge in [0, 0.05) is 0 Å². The standard InChI is InChI=1S/C16H22O/c1-12-7-8-15(9-13(12)2)10-14-5-3-4-6-16(17)11-14/h7-9,11,16-17H,3-6,10H2,1-2H3. The van der Waals surface area contributed by atoms with Crippen molar-refractivity contribution in [1.82, 2.24) is 0 Å². The second kappa shape index (κ2) is 5.50. The summed E-state index contributed by atoms with van der Waals surface area (Å²) < 4.78 is 0. The van der Waals surface area contributed by atoms with Crippen LogP contribution < -0.4 is 0 Å². The van der Waals surface area contributed by atoms with Crippen LogP contribution in [0, 0.1) is 13.8 Å². The second-order valence-electron chi connectivity index (χ2n) is 5.23. The summed E-state index contributed by atoms with van der Waals surface area (Å²) in [5.41, 5.74) is 5.48. The molecule has 1 aliphatic carbocycles. The first kappa shape index (κ1) is 12.4. The van der Waals surface area contributed by atoms with Crippen molar-refractivity contribution in [2.75, 3.05) is 0 Å². The predicted molar refractivity (Wildman–Crippen MR) is 72.2 cm³/mol. The molecule has 2 rings (SSSR count). The lowest BCUT2D eigenvalue weighted by Crippen LogP contribution is -2.01. The van der Waals surface area contributed by atoms with Crippen LogP contribution in [0.5, 0.6) is 0 Å². The molecule has 0 radical (unpaired) electrons. The lowest BCUT2D eigenvalue weighted by atomic mass is 9.98. The fourth-order valence-electron chi connectivity index (χ4n) is 2.47. The molecule has 1 heteroatoms. The molecule has 1 aromatic rings. The molecule has 1 unspecified atom stereocenters. The van der Waals surface area contributed by atoms with Crippen molar-refractivity contribution < 1.29 is 5.11 Å². The molecular weight excluding hydrogens is 208 g/mol. The Balaban J connectivity index is 2.11. The van der Waals surface area contributed by atoms with E-state index in [-0.39, 0.29) is 6.10 Å². The number of rotatable bonds is 2. The molecule has 0 heterocycles. The van der Waals surface area contributed by atoms with Gasteiger partial charge in [-0.05, 0) is 56.2 Å². The van der Waals surface area contributed by atoms with E-state index in [9.17, 15) is 5.11 Å². The highest BCUT2D eigenvalue weighted by molar-refractivity contribution is 5.32. The number of aliphatic hydroxyl groups excluding tert-OH is 1. The minimum Gasteiger partial charge on any atom is -0.389 e. The van der Waals surface area contributed by atoms with E-state index in [0.717, 1.165) is 25.7 Å². The lowest BCUT2D eigenvalue weighted by molar-refractivity contribution is 0.211.